The van der Waals surface area contributed by atoms with Crippen molar-refractivity contribution in [3.63, 3.8) is 0 Å². The second-order valence-corrected chi connectivity index (χ2v) is 4.81. The number of likely N-dealkylation sites (tertiary alicyclic amines) is 1. The minimum absolute atomic E-state index is 0.0352. The molecule has 1 aliphatic carbocycles. The van der Waals surface area contributed by atoms with E-state index in [1.807, 2.05) is 0 Å². The highest BCUT2D eigenvalue weighted by atomic mass is 16.1. The number of Topliss-reactive ketones (excluding diaryl/α,β-unsaturated/α-hetero) is 1. The Bertz CT molecular complexity index is 216. The number of rotatable bonds is 0. The summed E-state index contributed by atoms with van der Waals surface area (Å²) in [6, 6.07) is 0. The van der Waals surface area contributed by atoms with Crippen LogP contribution in [0.3, 0.4) is 0 Å². The summed E-state index contributed by atoms with van der Waals surface area (Å²) >= 11 is 0. The summed E-state index contributed by atoms with van der Waals surface area (Å²) in [5.74, 6) is 1.33. The lowest BCUT2D eigenvalue weighted by molar-refractivity contribution is -0.126. The van der Waals surface area contributed by atoms with Gasteiger partial charge in [-0.3, -0.25) is 9.69 Å². The fourth-order valence-corrected chi connectivity index (χ4v) is 2.83. The molecular formula is C11H19NO. The zero-order valence-electron chi connectivity index (χ0n) is 8.68. The van der Waals surface area contributed by atoms with Crippen molar-refractivity contribution in [3.05, 3.63) is 0 Å². The van der Waals surface area contributed by atoms with Crippen molar-refractivity contribution < 1.29 is 4.79 Å². The van der Waals surface area contributed by atoms with Crippen molar-refractivity contribution in [1.82, 2.24) is 4.90 Å². The van der Waals surface area contributed by atoms with Gasteiger partial charge in [-0.2, -0.15) is 0 Å². The van der Waals surface area contributed by atoms with Crippen LogP contribution in [0.5, 0.6) is 0 Å². The summed E-state index contributed by atoms with van der Waals surface area (Å²) < 4.78 is 0. The number of likely N-dealkylation sites (N-methyl/N-ethyl adjacent to an activating group) is 1. The zero-order valence-corrected chi connectivity index (χ0v) is 8.68. The Morgan fingerprint density at radius 3 is 2.46 bits per heavy atom. The molecule has 1 aliphatic heterocycles. The molecule has 2 aliphatic rings. The molecular weight excluding hydrogens is 162 g/mol. The maximum absolute atomic E-state index is 11.8. The molecule has 0 aromatic heterocycles. The predicted octanol–water partition coefficient (Wildman–Crippen LogP) is 1.84. The molecule has 2 fully saturated rings. The van der Waals surface area contributed by atoms with E-state index < -0.39 is 0 Å². The molecule has 1 spiro atoms. The van der Waals surface area contributed by atoms with Gasteiger partial charge in [0.1, 0.15) is 0 Å². The number of carbonyl (C=O) groups is 1. The molecule has 0 bridgehead atoms. The molecule has 1 heterocycles. The summed E-state index contributed by atoms with van der Waals surface area (Å²) in [6.45, 7) is 3.28. The Labute approximate surface area is 80.3 Å². The highest BCUT2D eigenvalue weighted by Gasteiger charge is 2.47. The monoisotopic (exact) mass is 181 g/mol. The standard InChI is InChI=1S/C11H19NO/c1-9-3-6-11(7-4-9)10(13)5-8-12(11)2/h9H,3-8H2,1-2H3. The summed E-state index contributed by atoms with van der Waals surface area (Å²) in [7, 11) is 2.11. The quantitative estimate of drug-likeness (QED) is 0.568. The molecule has 0 radical (unpaired) electrons. The highest BCUT2D eigenvalue weighted by Crippen LogP contribution is 2.40. The van der Waals surface area contributed by atoms with Gasteiger partial charge in [-0.15, -0.1) is 0 Å². The number of hydrogen-bond donors (Lipinski definition) is 0. The minimum atomic E-state index is -0.0352. The fraction of sp³-hybridized carbons (Fsp3) is 0.909. The number of ketones is 1. The first-order valence-electron chi connectivity index (χ1n) is 5.40. The molecule has 2 nitrogen and oxygen atoms in total. The van der Waals surface area contributed by atoms with E-state index in [1.54, 1.807) is 0 Å². The molecule has 0 atom stereocenters. The SMILES string of the molecule is CC1CCC2(CC1)C(=O)CCN2C. The van der Waals surface area contributed by atoms with E-state index in [9.17, 15) is 4.79 Å². The normalized spacial score (nSPS) is 41.7. The van der Waals surface area contributed by atoms with Gasteiger partial charge in [0.15, 0.2) is 5.78 Å². The van der Waals surface area contributed by atoms with Crippen LogP contribution in [-0.4, -0.2) is 29.8 Å². The largest absolute Gasteiger partial charge is 0.298 e. The van der Waals surface area contributed by atoms with Crippen molar-refractivity contribution in [3.8, 4) is 0 Å². The van der Waals surface area contributed by atoms with Crippen molar-refractivity contribution in [1.29, 1.82) is 0 Å². The Kier molecular flexibility index (Phi) is 2.18. The van der Waals surface area contributed by atoms with E-state index in [1.165, 1.54) is 12.8 Å². The van der Waals surface area contributed by atoms with E-state index in [-0.39, 0.29) is 5.54 Å². The van der Waals surface area contributed by atoms with Crippen LogP contribution in [0.2, 0.25) is 0 Å². The van der Waals surface area contributed by atoms with E-state index in [2.05, 4.69) is 18.9 Å². The van der Waals surface area contributed by atoms with Gasteiger partial charge in [0.05, 0.1) is 5.54 Å². The van der Waals surface area contributed by atoms with Crippen LogP contribution in [0.1, 0.15) is 39.0 Å². The third-order valence-electron chi connectivity index (χ3n) is 4.03. The van der Waals surface area contributed by atoms with Crippen LogP contribution in [0.15, 0.2) is 0 Å². The molecule has 0 aromatic carbocycles. The minimum Gasteiger partial charge on any atom is -0.298 e. The average Bonchev–Trinajstić information content (AvgIpc) is 2.39. The van der Waals surface area contributed by atoms with Gasteiger partial charge < -0.3 is 0 Å². The van der Waals surface area contributed by atoms with Gasteiger partial charge in [0.25, 0.3) is 0 Å². The fourth-order valence-electron chi connectivity index (χ4n) is 2.83. The van der Waals surface area contributed by atoms with Crippen LogP contribution in [-0.2, 0) is 4.79 Å². The van der Waals surface area contributed by atoms with E-state index in [0.717, 1.165) is 31.7 Å². The van der Waals surface area contributed by atoms with Gasteiger partial charge in [-0.05, 0) is 38.6 Å². The van der Waals surface area contributed by atoms with Crippen LogP contribution in [0.25, 0.3) is 0 Å². The second-order valence-electron chi connectivity index (χ2n) is 4.81. The first-order chi connectivity index (χ1) is 6.15. The van der Waals surface area contributed by atoms with E-state index >= 15 is 0 Å². The highest BCUT2D eigenvalue weighted by molar-refractivity contribution is 5.90. The van der Waals surface area contributed by atoms with Crippen LogP contribution in [0, 0.1) is 5.92 Å². The van der Waals surface area contributed by atoms with Crippen LogP contribution in [0.4, 0.5) is 0 Å². The van der Waals surface area contributed by atoms with Crippen molar-refractivity contribution >= 4 is 5.78 Å². The van der Waals surface area contributed by atoms with Gasteiger partial charge in [0, 0.05) is 13.0 Å². The van der Waals surface area contributed by atoms with Crippen LogP contribution >= 0.6 is 0 Å². The molecule has 74 valence electrons. The van der Waals surface area contributed by atoms with E-state index in [0.29, 0.717) is 5.78 Å². The molecule has 2 heteroatoms. The van der Waals surface area contributed by atoms with Crippen molar-refractivity contribution in [2.24, 2.45) is 5.92 Å². The predicted molar refractivity (Wildman–Crippen MR) is 52.6 cm³/mol. The topological polar surface area (TPSA) is 20.3 Å². The molecule has 1 saturated carbocycles. The molecule has 0 N–H and O–H groups in total. The summed E-state index contributed by atoms with van der Waals surface area (Å²) in [5, 5.41) is 0. The molecule has 0 unspecified atom stereocenters. The zero-order chi connectivity index (χ0) is 9.47. The summed E-state index contributed by atoms with van der Waals surface area (Å²) in [6.07, 6.45) is 5.45. The first-order valence-corrected chi connectivity index (χ1v) is 5.40. The van der Waals surface area contributed by atoms with Crippen LogP contribution < -0.4 is 0 Å². The maximum atomic E-state index is 11.8. The Hall–Kier alpha value is -0.370. The van der Waals surface area contributed by atoms with Gasteiger partial charge in [0.2, 0.25) is 0 Å². The van der Waals surface area contributed by atoms with Gasteiger partial charge in [-0.1, -0.05) is 6.92 Å². The Morgan fingerprint density at radius 1 is 1.38 bits per heavy atom. The molecule has 0 amide bonds. The number of hydrogen-bond acceptors (Lipinski definition) is 2. The number of carbonyl (C=O) groups excluding carboxylic acids is 1. The maximum Gasteiger partial charge on any atom is 0.154 e. The van der Waals surface area contributed by atoms with Crippen molar-refractivity contribution in [2.75, 3.05) is 13.6 Å². The summed E-state index contributed by atoms with van der Waals surface area (Å²) in [4.78, 5) is 14.1. The molecule has 13 heavy (non-hydrogen) atoms. The van der Waals surface area contributed by atoms with Crippen molar-refractivity contribution in [2.45, 2.75) is 44.6 Å². The second kappa shape index (κ2) is 3.09. The molecule has 2 rings (SSSR count). The van der Waals surface area contributed by atoms with E-state index in [4.69, 9.17) is 0 Å². The first kappa shape index (κ1) is 9.20. The summed E-state index contributed by atoms with van der Waals surface area (Å²) in [5.41, 5.74) is -0.0352. The lowest BCUT2D eigenvalue weighted by Crippen LogP contribution is -2.48. The Balaban J connectivity index is 2.15. The number of nitrogens with zero attached hydrogens (tertiary/aromatic N) is 1. The average molecular weight is 181 g/mol. The molecule has 0 aromatic rings. The third kappa shape index (κ3) is 1.32. The van der Waals surface area contributed by atoms with Gasteiger partial charge in [-0.25, -0.2) is 0 Å². The Morgan fingerprint density at radius 2 is 2.00 bits per heavy atom. The third-order valence-corrected chi connectivity index (χ3v) is 4.03. The van der Waals surface area contributed by atoms with Gasteiger partial charge >= 0.3 is 0 Å². The smallest absolute Gasteiger partial charge is 0.154 e. The molecule has 1 saturated heterocycles. The lowest BCUT2D eigenvalue weighted by Gasteiger charge is -2.39. The lowest BCUT2D eigenvalue weighted by atomic mass is 9.75.